The van der Waals surface area contributed by atoms with Crippen molar-refractivity contribution in [3.8, 4) is 0 Å². The topological polar surface area (TPSA) is 88.1 Å². The summed E-state index contributed by atoms with van der Waals surface area (Å²) in [6, 6.07) is 0. The second-order valence-corrected chi connectivity index (χ2v) is 6.71. The fraction of sp³-hybridized carbons (Fsp3) is 0.625. The first-order chi connectivity index (χ1) is 11.9. The summed E-state index contributed by atoms with van der Waals surface area (Å²) >= 11 is 3.33. The van der Waals surface area contributed by atoms with Gasteiger partial charge in [-0.05, 0) is 19.3 Å². The quantitative estimate of drug-likeness (QED) is 0.369. The van der Waals surface area contributed by atoms with E-state index in [1.807, 2.05) is 0 Å². The van der Waals surface area contributed by atoms with Crippen LogP contribution in [0.2, 0.25) is 0 Å². The zero-order valence-electron chi connectivity index (χ0n) is 14.7. The van der Waals surface area contributed by atoms with Crippen LogP contribution in [0.4, 0.5) is 0 Å². The highest BCUT2D eigenvalue weighted by molar-refractivity contribution is 9.09. The Bertz CT molecular complexity index is 867. The molecule has 0 radical (unpaired) electrons. The Morgan fingerprint density at radius 2 is 2.00 bits per heavy atom. The van der Waals surface area contributed by atoms with E-state index >= 15 is 0 Å². The van der Waals surface area contributed by atoms with Gasteiger partial charge in [0.2, 0.25) is 0 Å². The number of unbranched alkanes of at least 4 members (excludes halogenated alkanes) is 2. The zero-order valence-corrected chi connectivity index (χ0v) is 16.3. The van der Waals surface area contributed by atoms with Crippen LogP contribution in [0.3, 0.4) is 0 Å². The van der Waals surface area contributed by atoms with Gasteiger partial charge < -0.3 is 9.30 Å². The Morgan fingerprint density at radius 1 is 1.28 bits per heavy atom. The van der Waals surface area contributed by atoms with Crippen molar-refractivity contribution in [1.29, 1.82) is 0 Å². The molecule has 2 heterocycles. The molecule has 2 rings (SSSR count). The minimum absolute atomic E-state index is 0.140. The second-order valence-electron chi connectivity index (χ2n) is 6.06. The molecule has 0 saturated heterocycles. The first kappa shape index (κ1) is 19.4. The van der Waals surface area contributed by atoms with E-state index < -0.39 is 0 Å². The van der Waals surface area contributed by atoms with Crippen molar-refractivity contribution in [3.63, 3.8) is 0 Å². The summed E-state index contributed by atoms with van der Waals surface area (Å²) in [6.45, 7) is 1.76. The van der Waals surface area contributed by atoms with E-state index in [0.29, 0.717) is 29.5 Å². The molecule has 1 atom stereocenters. The van der Waals surface area contributed by atoms with Gasteiger partial charge in [-0.2, -0.15) is 0 Å². The van der Waals surface area contributed by atoms with Gasteiger partial charge in [0.1, 0.15) is 6.10 Å². The van der Waals surface area contributed by atoms with E-state index in [9.17, 15) is 14.4 Å². The molecule has 0 aliphatic heterocycles. The summed E-state index contributed by atoms with van der Waals surface area (Å²) in [4.78, 5) is 40.0. The molecule has 2 aromatic rings. The largest absolute Gasteiger partial charge is 0.462 e. The van der Waals surface area contributed by atoms with Gasteiger partial charge >= 0.3 is 11.7 Å². The van der Waals surface area contributed by atoms with Gasteiger partial charge in [-0.15, -0.1) is 0 Å². The number of nitrogens with zero attached hydrogens (tertiary/aromatic N) is 4. The van der Waals surface area contributed by atoms with Crippen molar-refractivity contribution in [2.75, 3.05) is 5.33 Å². The fourth-order valence-electron chi connectivity index (χ4n) is 2.81. The van der Waals surface area contributed by atoms with Crippen molar-refractivity contribution in [2.24, 2.45) is 14.1 Å². The van der Waals surface area contributed by atoms with Gasteiger partial charge in [-0.3, -0.25) is 18.7 Å². The number of esters is 1. The molecule has 138 valence electrons. The zero-order chi connectivity index (χ0) is 18.6. The van der Waals surface area contributed by atoms with Crippen LogP contribution >= 0.6 is 15.9 Å². The number of aromatic nitrogens is 4. The number of carbonyl (C=O) groups is 1. The maximum absolute atomic E-state index is 12.5. The standard InChI is InChI=1S/C16H23BrN4O4/c1-11(22)25-12(9-17)7-5-4-6-8-21-15(23)13-14(18-10-19(13)2)20(3)16(21)24/h10,12H,4-9H2,1-3H3. The Morgan fingerprint density at radius 3 is 2.64 bits per heavy atom. The second kappa shape index (κ2) is 8.46. The molecule has 1 unspecified atom stereocenters. The van der Waals surface area contributed by atoms with Crippen molar-refractivity contribution >= 4 is 33.1 Å². The monoisotopic (exact) mass is 414 g/mol. The summed E-state index contributed by atoms with van der Waals surface area (Å²) in [5.41, 5.74) is 0.164. The Hall–Kier alpha value is -1.90. The number of halogens is 1. The lowest BCUT2D eigenvalue weighted by molar-refractivity contribution is -0.145. The van der Waals surface area contributed by atoms with Crippen LogP contribution in [-0.2, 0) is 30.2 Å². The lowest BCUT2D eigenvalue weighted by Gasteiger charge is -2.14. The Labute approximate surface area is 153 Å². The smallest absolute Gasteiger partial charge is 0.332 e. The average molecular weight is 415 g/mol. The third kappa shape index (κ3) is 4.39. The molecule has 25 heavy (non-hydrogen) atoms. The molecule has 0 saturated carbocycles. The van der Waals surface area contributed by atoms with Crippen LogP contribution in [0.15, 0.2) is 15.9 Å². The first-order valence-electron chi connectivity index (χ1n) is 8.20. The maximum Gasteiger partial charge on any atom is 0.332 e. The number of imidazole rings is 1. The molecule has 9 heteroatoms. The number of fused-ring (bicyclic) bond motifs is 1. The highest BCUT2D eigenvalue weighted by atomic mass is 79.9. The van der Waals surface area contributed by atoms with Crippen LogP contribution in [0.5, 0.6) is 0 Å². The first-order valence-corrected chi connectivity index (χ1v) is 9.33. The van der Waals surface area contributed by atoms with E-state index in [2.05, 4.69) is 20.9 Å². The van der Waals surface area contributed by atoms with Gasteiger partial charge in [0, 0.05) is 32.9 Å². The molecule has 0 spiro atoms. The number of carbonyl (C=O) groups excluding carboxylic acids is 1. The Kier molecular flexibility index (Phi) is 6.57. The van der Waals surface area contributed by atoms with Crippen molar-refractivity contribution < 1.29 is 9.53 Å². The number of rotatable bonds is 8. The number of hydrogen-bond acceptors (Lipinski definition) is 5. The van der Waals surface area contributed by atoms with Gasteiger partial charge in [0.05, 0.1) is 6.33 Å². The predicted molar refractivity (Wildman–Crippen MR) is 98.0 cm³/mol. The maximum atomic E-state index is 12.5. The van der Waals surface area contributed by atoms with Crippen LogP contribution in [0, 0.1) is 0 Å². The highest BCUT2D eigenvalue weighted by Crippen LogP contribution is 2.10. The molecule has 0 aliphatic rings. The van der Waals surface area contributed by atoms with Gasteiger partial charge in [0.15, 0.2) is 11.2 Å². The van der Waals surface area contributed by atoms with Gasteiger partial charge in [-0.25, -0.2) is 9.78 Å². The summed E-state index contributed by atoms with van der Waals surface area (Å²) in [5.74, 6) is -0.288. The van der Waals surface area contributed by atoms with Crippen LogP contribution < -0.4 is 11.2 Å². The minimum atomic E-state index is -0.352. The molecule has 0 N–H and O–H groups in total. The molecule has 8 nitrogen and oxygen atoms in total. The van der Waals surface area contributed by atoms with E-state index in [-0.39, 0.29) is 23.3 Å². The van der Waals surface area contributed by atoms with E-state index in [0.717, 1.165) is 19.3 Å². The van der Waals surface area contributed by atoms with Crippen molar-refractivity contribution in [1.82, 2.24) is 18.7 Å². The molecular weight excluding hydrogens is 392 g/mol. The molecule has 0 bridgehead atoms. The molecular formula is C16H23BrN4O4. The SMILES string of the molecule is CC(=O)OC(CBr)CCCCCn1c(=O)c2c(ncn2C)n(C)c1=O. The third-order valence-electron chi connectivity index (χ3n) is 4.11. The number of ether oxygens (including phenoxy) is 1. The van der Waals surface area contributed by atoms with Crippen LogP contribution in [-0.4, -0.2) is 36.1 Å². The number of aryl methyl sites for hydroxylation is 2. The van der Waals surface area contributed by atoms with E-state index in [1.165, 1.54) is 22.4 Å². The Balaban J connectivity index is 2.00. The average Bonchev–Trinajstić information content (AvgIpc) is 2.95. The summed E-state index contributed by atoms with van der Waals surface area (Å²) < 4.78 is 9.46. The molecule has 0 fully saturated rings. The predicted octanol–water partition coefficient (Wildman–Crippen LogP) is 1.32. The summed E-state index contributed by atoms with van der Waals surface area (Å²) in [7, 11) is 3.36. The normalized spacial score (nSPS) is 12.5. The molecule has 0 amide bonds. The highest BCUT2D eigenvalue weighted by Gasteiger charge is 2.15. The minimum Gasteiger partial charge on any atom is -0.462 e. The molecule has 0 aromatic carbocycles. The molecule has 2 aromatic heterocycles. The molecule has 0 aliphatic carbocycles. The van der Waals surface area contributed by atoms with Crippen molar-refractivity contribution in [3.05, 3.63) is 27.2 Å². The third-order valence-corrected chi connectivity index (χ3v) is 4.84. The fourth-order valence-corrected chi connectivity index (χ4v) is 3.27. The van der Waals surface area contributed by atoms with Crippen LogP contribution in [0.1, 0.15) is 32.6 Å². The summed E-state index contributed by atoms with van der Waals surface area (Å²) in [6.07, 6.45) is 4.53. The van der Waals surface area contributed by atoms with Crippen molar-refractivity contribution in [2.45, 2.75) is 45.3 Å². The number of alkyl halides is 1. The summed E-state index contributed by atoms with van der Waals surface area (Å²) in [5, 5.41) is 0.601. The van der Waals surface area contributed by atoms with Crippen LogP contribution in [0.25, 0.3) is 11.2 Å². The van der Waals surface area contributed by atoms with E-state index in [1.54, 1.807) is 18.7 Å². The lowest BCUT2D eigenvalue weighted by atomic mass is 10.1. The van der Waals surface area contributed by atoms with Gasteiger partial charge in [-0.1, -0.05) is 22.4 Å². The van der Waals surface area contributed by atoms with E-state index in [4.69, 9.17) is 4.74 Å². The van der Waals surface area contributed by atoms with Gasteiger partial charge in [0.25, 0.3) is 5.56 Å². The lowest BCUT2D eigenvalue weighted by Crippen LogP contribution is -2.39. The number of hydrogen-bond donors (Lipinski definition) is 0.